The zero-order valence-corrected chi connectivity index (χ0v) is 11.7. The average molecular weight is 305 g/mol. The maximum absolute atomic E-state index is 12.9. The van der Waals surface area contributed by atoms with Crippen LogP contribution in [0.1, 0.15) is 10.5 Å². The van der Waals surface area contributed by atoms with Crippen molar-refractivity contribution in [3.05, 3.63) is 54.2 Å². The van der Waals surface area contributed by atoms with Crippen molar-refractivity contribution in [2.45, 2.75) is 0 Å². The van der Waals surface area contributed by atoms with Crippen molar-refractivity contribution < 1.29 is 13.7 Å². The Bertz CT molecular complexity index is 654. The standard InChI is InChI=1S/C14H16FN5O2/c15-11-3-1-10(2-4-11)13-9-12(19-22-13)14(21)18-6-8-20(17)7-5-16/h1-5,7,9H,6,8,16-17H2,(H,18,21)/b7-5-. The SMILES string of the molecule is N/C=C\N(N)CCNC(=O)c1cc(-c2ccc(F)cc2)on1. The lowest BCUT2D eigenvalue weighted by atomic mass is 10.1. The van der Waals surface area contributed by atoms with Crippen molar-refractivity contribution in [3.63, 3.8) is 0 Å². The van der Waals surface area contributed by atoms with Crippen molar-refractivity contribution in [1.82, 2.24) is 15.5 Å². The maximum Gasteiger partial charge on any atom is 0.273 e. The normalized spacial score (nSPS) is 10.8. The van der Waals surface area contributed by atoms with E-state index < -0.39 is 0 Å². The highest BCUT2D eigenvalue weighted by molar-refractivity contribution is 5.93. The third-order valence-electron chi connectivity index (χ3n) is 2.80. The van der Waals surface area contributed by atoms with Crippen LogP contribution in [0.4, 0.5) is 4.39 Å². The molecule has 116 valence electrons. The van der Waals surface area contributed by atoms with Crippen LogP contribution in [-0.4, -0.2) is 29.2 Å². The van der Waals surface area contributed by atoms with Gasteiger partial charge in [0, 0.05) is 30.6 Å². The monoisotopic (exact) mass is 305 g/mol. The highest BCUT2D eigenvalue weighted by atomic mass is 19.1. The number of hydrogen-bond donors (Lipinski definition) is 3. The molecule has 0 saturated carbocycles. The predicted octanol–water partition coefficient (Wildman–Crippen LogP) is 0.816. The number of carbonyl (C=O) groups excluding carboxylic acids is 1. The summed E-state index contributed by atoms with van der Waals surface area (Å²) in [7, 11) is 0. The summed E-state index contributed by atoms with van der Waals surface area (Å²) in [6.45, 7) is 0.709. The molecule has 22 heavy (non-hydrogen) atoms. The van der Waals surface area contributed by atoms with Gasteiger partial charge in [0.25, 0.3) is 5.91 Å². The average Bonchev–Trinajstić information content (AvgIpc) is 2.98. The minimum atomic E-state index is -0.387. The zero-order valence-electron chi connectivity index (χ0n) is 11.7. The van der Waals surface area contributed by atoms with Gasteiger partial charge in [0.2, 0.25) is 0 Å². The number of benzene rings is 1. The Morgan fingerprint density at radius 2 is 2.14 bits per heavy atom. The summed E-state index contributed by atoms with van der Waals surface area (Å²) in [5.41, 5.74) is 5.95. The van der Waals surface area contributed by atoms with Gasteiger partial charge in [0.05, 0.1) is 6.54 Å². The second-order valence-corrected chi connectivity index (χ2v) is 4.42. The third-order valence-corrected chi connectivity index (χ3v) is 2.80. The fourth-order valence-electron chi connectivity index (χ4n) is 1.71. The number of hydrogen-bond acceptors (Lipinski definition) is 6. The first-order valence-corrected chi connectivity index (χ1v) is 6.50. The summed E-state index contributed by atoms with van der Waals surface area (Å²) < 4.78 is 17.9. The minimum absolute atomic E-state index is 0.136. The van der Waals surface area contributed by atoms with Crippen LogP contribution in [0, 0.1) is 5.82 Å². The topological polar surface area (TPSA) is 110 Å². The van der Waals surface area contributed by atoms with Gasteiger partial charge < -0.3 is 20.6 Å². The molecule has 0 bridgehead atoms. The van der Waals surface area contributed by atoms with Gasteiger partial charge in [-0.3, -0.25) is 4.79 Å². The first kappa shape index (κ1) is 15.5. The fourth-order valence-corrected chi connectivity index (χ4v) is 1.71. The van der Waals surface area contributed by atoms with Gasteiger partial charge in [-0.15, -0.1) is 0 Å². The molecule has 0 spiro atoms. The van der Waals surface area contributed by atoms with Crippen LogP contribution in [0.3, 0.4) is 0 Å². The summed E-state index contributed by atoms with van der Waals surface area (Å²) in [4.78, 5) is 11.9. The Hall–Kier alpha value is -2.87. The van der Waals surface area contributed by atoms with E-state index in [1.54, 1.807) is 12.1 Å². The number of nitrogens with zero attached hydrogens (tertiary/aromatic N) is 2. The van der Waals surface area contributed by atoms with Crippen LogP contribution in [0.25, 0.3) is 11.3 Å². The van der Waals surface area contributed by atoms with Gasteiger partial charge in [-0.1, -0.05) is 5.16 Å². The molecule has 0 atom stereocenters. The zero-order chi connectivity index (χ0) is 15.9. The Balaban J connectivity index is 1.93. The second-order valence-electron chi connectivity index (χ2n) is 4.42. The summed E-state index contributed by atoms with van der Waals surface area (Å²) in [6.07, 6.45) is 2.78. The van der Waals surface area contributed by atoms with Crippen molar-refractivity contribution >= 4 is 5.91 Å². The number of amides is 1. The number of halogens is 1. The van der Waals surface area contributed by atoms with Gasteiger partial charge in [-0.2, -0.15) is 0 Å². The molecule has 0 fully saturated rings. The predicted molar refractivity (Wildman–Crippen MR) is 78.5 cm³/mol. The van der Waals surface area contributed by atoms with Crippen LogP contribution in [0.15, 0.2) is 47.3 Å². The highest BCUT2D eigenvalue weighted by Gasteiger charge is 2.13. The number of carbonyl (C=O) groups is 1. The number of hydrazine groups is 1. The summed E-state index contributed by atoms with van der Waals surface area (Å²) in [5.74, 6) is 5.20. The third kappa shape index (κ3) is 4.06. The Morgan fingerprint density at radius 1 is 1.41 bits per heavy atom. The van der Waals surface area contributed by atoms with Crippen molar-refractivity contribution in [1.29, 1.82) is 0 Å². The molecule has 1 aromatic heterocycles. The van der Waals surface area contributed by atoms with Crippen LogP contribution in [0.2, 0.25) is 0 Å². The molecule has 7 nitrogen and oxygen atoms in total. The van der Waals surface area contributed by atoms with E-state index in [-0.39, 0.29) is 17.4 Å². The van der Waals surface area contributed by atoms with Gasteiger partial charge in [-0.05, 0) is 24.3 Å². The number of nitrogens with two attached hydrogens (primary N) is 2. The van der Waals surface area contributed by atoms with Gasteiger partial charge >= 0.3 is 0 Å². The minimum Gasteiger partial charge on any atom is -0.403 e. The smallest absolute Gasteiger partial charge is 0.273 e. The van der Waals surface area contributed by atoms with Crippen LogP contribution in [-0.2, 0) is 0 Å². The van der Waals surface area contributed by atoms with Crippen LogP contribution >= 0.6 is 0 Å². The summed E-state index contributed by atoms with van der Waals surface area (Å²) in [5, 5.41) is 7.67. The highest BCUT2D eigenvalue weighted by Crippen LogP contribution is 2.20. The van der Waals surface area contributed by atoms with E-state index in [9.17, 15) is 9.18 Å². The molecule has 0 radical (unpaired) electrons. The molecule has 0 aliphatic carbocycles. The lowest BCUT2D eigenvalue weighted by Gasteiger charge is -2.12. The van der Waals surface area contributed by atoms with E-state index in [4.69, 9.17) is 16.1 Å². The lowest BCUT2D eigenvalue weighted by Crippen LogP contribution is -2.36. The molecule has 5 N–H and O–H groups in total. The molecule has 1 amide bonds. The molecule has 0 aliphatic heterocycles. The van der Waals surface area contributed by atoms with Crippen LogP contribution < -0.4 is 16.9 Å². The molecule has 2 aromatic rings. The Kier molecular flexibility index (Phi) is 5.10. The van der Waals surface area contributed by atoms with Crippen molar-refractivity contribution in [2.75, 3.05) is 13.1 Å². The molecule has 0 unspecified atom stereocenters. The van der Waals surface area contributed by atoms with E-state index in [1.807, 2.05) is 0 Å². The largest absolute Gasteiger partial charge is 0.403 e. The Morgan fingerprint density at radius 3 is 2.82 bits per heavy atom. The summed E-state index contributed by atoms with van der Waals surface area (Å²) >= 11 is 0. The van der Waals surface area contributed by atoms with E-state index in [0.717, 1.165) is 0 Å². The number of nitrogens with one attached hydrogen (secondary N) is 1. The van der Waals surface area contributed by atoms with Gasteiger partial charge in [0.1, 0.15) is 5.82 Å². The molecule has 0 aliphatic rings. The van der Waals surface area contributed by atoms with Gasteiger partial charge in [0.15, 0.2) is 11.5 Å². The molecule has 1 heterocycles. The molecule has 0 saturated heterocycles. The first-order chi connectivity index (χ1) is 10.6. The molecule has 2 rings (SSSR count). The van der Waals surface area contributed by atoms with E-state index in [2.05, 4.69) is 10.5 Å². The number of rotatable bonds is 6. The summed E-state index contributed by atoms with van der Waals surface area (Å²) in [6, 6.07) is 7.19. The molecule has 1 aromatic carbocycles. The number of aromatic nitrogens is 1. The van der Waals surface area contributed by atoms with Crippen molar-refractivity contribution in [2.24, 2.45) is 11.6 Å². The quantitative estimate of drug-likeness (QED) is 0.538. The molecule has 8 heteroatoms. The molecular formula is C14H16FN5O2. The lowest BCUT2D eigenvalue weighted by molar-refractivity contribution is 0.0942. The molecular weight excluding hydrogens is 289 g/mol. The van der Waals surface area contributed by atoms with E-state index in [1.165, 1.54) is 35.6 Å². The maximum atomic E-state index is 12.9. The van der Waals surface area contributed by atoms with Gasteiger partial charge in [-0.25, -0.2) is 10.2 Å². The van der Waals surface area contributed by atoms with E-state index in [0.29, 0.717) is 24.4 Å². The van der Waals surface area contributed by atoms with Crippen molar-refractivity contribution in [3.8, 4) is 11.3 Å². The fraction of sp³-hybridized carbons (Fsp3) is 0.143. The van der Waals surface area contributed by atoms with Crippen LogP contribution in [0.5, 0.6) is 0 Å². The second kappa shape index (κ2) is 7.23. The van der Waals surface area contributed by atoms with E-state index >= 15 is 0 Å². The Labute approximate surface area is 126 Å². The first-order valence-electron chi connectivity index (χ1n) is 6.50.